The van der Waals surface area contributed by atoms with Gasteiger partial charge < -0.3 is 10.6 Å². The third-order valence-electron chi connectivity index (χ3n) is 3.50. The van der Waals surface area contributed by atoms with Crippen molar-refractivity contribution in [2.45, 2.75) is 38.3 Å². The van der Waals surface area contributed by atoms with E-state index in [0.29, 0.717) is 24.4 Å². The van der Waals surface area contributed by atoms with Crippen LogP contribution in [0.4, 0.5) is 4.39 Å². The molecular weight excluding hydrogens is 267 g/mol. The number of halogens is 2. The van der Waals surface area contributed by atoms with Crippen LogP contribution in [-0.2, 0) is 4.79 Å². The molecule has 2 rings (SSSR count). The second kappa shape index (κ2) is 5.88. The van der Waals surface area contributed by atoms with E-state index in [9.17, 15) is 9.18 Å². The van der Waals surface area contributed by atoms with Gasteiger partial charge >= 0.3 is 0 Å². The normalized spacial score (nSPS) is 23.8. The number of rotatable bonds is 3. The molecule has 0 saturated carbocycles. The summed E-state index contributed by atoms with van der Waals surface area (Å²) in [6.45, 7) is 2.65. The fourth-order valence-electron chi connectivity index (χ4n) is 2.62. The lowest BCUT2D eigenvalue weighted by Crippen LogP contribution is -2.49. The molecule has 0 bridgehead atoms. The van der Waals surface area contributed by atoms with Crippen molar-refractivity contribution >= 4 is 17.5 Å². The van der Waals surface area contributed by atoms with Crippen molar-refractivity contribution < 1.29 is 9.18 Å². The highest BCUT2D eigenvalue weighted by atomic mass is 35.5. The van der Waals surface area contributed by atoms with Crippen molar-refractivity contribution in [2.24, 2.45) is 5.73 Å². The SMILES string of the molecule is CCCN1C(=O)CCC(N)C1c1ccc(F)cc1Cl. The number of nitrogens with zero attached hydrogens (tertiary/aromatic N) is 1. The second-order valence-electron chi connectivity index (χ2n) is 4.90. The van der Waals surface area contributed by atoms with Crippen molar-refractivity contribution in [2.75, 3.05) is 6.54 Å². The molecule has 1 heterocycles. The summed E-state index contributed by atoms with van der Waals surface area (Å²) in [5.41, 5.74) is 6.89. The average molecular weight is 285 g/mol. The summed E-state index contributed by atoms with van der Waals surface area (Å²) in [6.07, 6.45) is 1.96. The summed E-state index contributed by atoms with van der Waals surface area (Å²) in [4.78, 5) is 13.8. The van der Waals surface area contributed by atoms with Crippen LogP contribution < -0.4 is 5.73 Å². The molecule has 1 saturated heterocycles. The zero-order valence-corrected chi connectivity index (χ0v) is 11.7. The van der Waals surface area contributed by atoms with Gasteiger partial charge in [0.25, 0.3) is 0 Å². The monoisotopic (exact) mass is 284 g/mol. The number of benzene rings is 1. The number of likely N-dealkylation sites (tertiary alicyclic amines) is 1. The van der Waals surface area contributed by atoms with Gasteiger partial charge in [-0.15, -0.1) is 0 Å². The van der Waals surface area contributed by atoms with Crippen LogP contribution in [0.15, 0.2) is 18.2 Å². The summed E-state index contributed by atoms with van der Waals surface area (Å²) in [5, 5.41) is 0.330. The van der Waals surface area contributed by atoms with E-state index in [1.807, 2.05) is 6.92 Å². The molecule has 2 atom stereocenters. The second-order valence-corrected chi connectivity index (χ2v) is 5.31. The number of nitrogens with two attached hydrogens (primary N) is 1. The lowest BCUT2D eigenvalue weighted by Gasteiger charge is -2.40. The van der Waals surface area contributed by atoms with Gasteiger partial charge in [-0.3, -0.25) is 4.79 Å². The molecule has 0 spiro atoms. The highest BCUT2D eigenvalue weighted by molar-refractivity contribution is 6.31. The summed E-state index contributed by atoms with van der Waals surface area (Å²) in [5.74, 6) is -0.291. The number of carbonyl (C=O) groups is 1. The van der Waals surface area contributed by atoms with E-state index in [2.05, 4.69) is 0 Å². The minimum atomic E-state index is -0.383. The number of hydrogen-bond acceptors (Lipinski definition) is 2. The average Bonchev–Trinajstić information content (AvgIpc) is 2.36. The minimum Gasteiger partial charge on any atom is -0.334 e. The van der Waals surface area contributed by atoms with Gasteiger partial charge in [0.1, 0.15) is 5.82 Å². The molecule has 2 unspecified atom stereocenters. The molecule has 0 aromatic heterocycles. The Morgan fingerprint density at radius 1 is 1.53 bits per heavy atom. The first-order valence-electron chi connectivity index (χ1n) is 6.54. The Kier molecular flexibility index (Phi) is 4.42. The van der Waals surface area contributed by atoms with Crippen LogP contribution in [-0.4, -0.2) is 23.4 Å². The van der Waals surface area contributed by atoms with Crippen molar-refractivity contribution in [3.63, 3.8) is 0 Å². The standard InChI is InChI=1S/C14H18ClFN2O/c1-2-7-18-13(19)6-5-12(17)14(18)10-4-3-9(16)8-11(10)15/h3-4,8,12,14H,2,5-7,17H2,1H3. The molecule has 1 fully saturated rings. The highest BCUT2D eigenvalue weighted by Gasteiger charge is 2.35. The number of hydrogen-bond donors (Lipinski definition) is 1. The van der Waals surface area contributed by atoms with Crippen LogP contribution in [0, 0.1) is 5.82 Å². The fraction of sp³-hybridized carbons (Fsp3) is 0.500. The van der Waals surface area contributed by atoms with Crippen LogP contribution in [0.1, 0.15) is 37.8 Å². The number of piperidine rings is 1. The zero-order chi connectivity index (χ0) is 14.0. The Labute approximate surface area is 117 Å². The maximum Gasteiger partial charge on any atom is 0.223 e. The van der Waals surface area contributed by atoms with Crippen molar-refractivity contribution in [1.29, 1.82) is 0 Å². The van der Waals surface area contributed by atoms with Gasteiger partial charge in [-0.05, 0) is 30.5 Å². The molecular formula is C14H18ClFN2O. The van der Waals surface area contributed by atoms with E-state index in [-0.39, 0.29) is 23.8 Å². The topological polar surface area (TPSA) is 46.3 Å². The maximum atomic E-state index is 13.1. The highest BCUT2D eigenvalue weighted by Crippen LogP contribution is 2.35. The minimum absolute atomic E-state index is 0.0916. The van der Waals surface area contributed by atoms with Gasteiger partial charge in [0.2, 0.25) is 5.91 Å². The van der Waals surface area contributed by atoms with Crippen molar-refractivity contribution in [1.82, 2.24) is 4.90 Å². The largest absolute Gasteiger partial charge is 0.334 e. The van der Waals surface area contributed by atoms with E-state index in [1.54, 1.807) is 11.0 Å². The smallest absolute Gasteiger partial charge is 0.223 e. The van der Waals surface area contributed by atoms with E-state index in [0.717, 1.165) is 12.0 Å². The van der Waals surface area contributed by atoms with E-state index < -0.39 is 0 Å². The van der Waals surface area contributed by atoms with Crippen LogP contribution in [0.3, 0.4) is 0 Å². The molecule has 1 aliphatic heterocycles. The van der Waals surface area contributed by atoms with Gasteiger partial charge in [-0.2, -0.15) is 0 Å². The van der Waals surface area contributed by atoms with Crippen LogP contribution in [0.2, 0.25) is 5.02 Å². The molecule has 104 valence electrons. The first-order valence-corrected chi connectivity index (χ1v) is 6.92. The molecule has 19 heavy (non-hydrogen) atoms. The predicted octanol–water partition coefficient (Wildman–Crippen LogP) is 2.88. The van der Waals surface area contributed by atoms with Gasteiger partial charge in [0, 0.05) is 24.0 Å². The predicted molar refractivity (Wildman–Crippen MR) is 73.4 cm³/mol. The van der Waals surface area contributed by atoms with E-state index in [1.165, 1.54) is 12.1 Å². The molecule has 1 aliphatic rings. The van der Waals surface area contributed by atoms with Gasteiger partial charge in [0.15, 0.2) is 0 Å². The third-order valence-corrected chi connectivity index (χ3v) is 3.83. The van der Waals surface area contributed by atoms with Gasteiger partial charge in [-0.25, -0.2) is 4.39 Å². The Balaban J connectivity index is 2.39. The molecule has 1 aromatic rings. The Morgan fingerprint density at radius 2 is 2.26 bits per heavy atom. The molecule has 2 N–H and O–H groups in total. The Bertz CT molecular complexity index is 481. The molecule has 3 nitrogen and oxygen atoms in total. The van der Waals surface area contributed by atoms with Gasteiger partial charge in [0.05, 0.1) is 6.04 Å². The van der Waals surface area contributed by atoms with Crippen LogP contribution >= 0.6 is 11.6 Å². The van der Waals surface area contributed by atoms with Gasteiger partial charge in [-0.1, -0.05) is 24.6 Å². The van der Waals surface area contributed by atoms with E-state index >= 15 is 0 Å². The maximum absolute atomic E-state index is 13.1. The molecule has 0 aliphatic carbocycles. The number of amides is 1. The Morgan fingerprint density at radius 3 is 2.89 bits per heavy atom. The van der Waals surface area contributed by atoms with Crippen molar-refractivity contribution in [3.8, 4) is 0 Å². The van der Waals surface area contributed by atoms with Crippen LogP contribution in [0.25, 0.3) is 0 Å². The van der Waals surface area contributed by atoms with Crippen molar-refractivity contribution in [3.05, 3.63) is 34.6 Å². The molecule has 1 amide bonds. The summed E-state index contributed by atoms with van der Waals surface area (Å²) < 4.78 is 13.1. The Hall–Kier alpha value is -1.13. The lowest BCUT2D eigenvalue weighted by atomic mass is 9.90. The number of carbonyl (C=O) groups excluding carboxylic acids is 1. The van der Waals surface area contributed by atoms with Crippen LogP contribution in [0.5, 0.6) is 0 Å². The quantitative estimate of drug-likeness (QED) is 0.928. The molecule has 0 radical (unpaired) electrons. The first-order chi connectivity index (χ1) is 9.04. The lowest BCUT2D eigenvalue weighted by molar-refractivity contribution is -0.137. The fourth-order valence-corrected chi connectivity index (χ4v) is 2.90. The molecule has 1 aromatic carbocycles. The van der Waals surface area contributed by atoms with E-state index in [4.69, 9.17) is 17.3 Å². The first kappa shape index (κ1) is 14.3. The third kappa shape index (κ3) is 2.90. The molecule has 5 heteroatoms. The summed E-state index contributed by atoms with van der Waals surface area (Å²) in [6, 6.07) is 3.84. The summed E-state index contributed by atoms with van der Waals surface area (Å²) >= 11 is 6.11. The summed E-state index contributed by atoms with van der Waals surface area (Å²) in [7, 11) is 0. The zero-order valence-electron chi connectivity index (χ0n) is 10.9.